The molecule has 0 unspecified atom stereocenters. The fourth-order valence-corrected chi connectivity index (χ4v) is 2.74. The van der Waals surface area contributed by atoms with Crippen LogP contribution in [-0.2, 0) is 15.8 Å². The summed E-state index contributed by atoms with van der Waals surface area (Å²) in [6, 6.07) is 10.2. The van der Waals surface area contributed by atoms with Crippen LogP contribution in [0.5, 0.6) is 5.75 Å². The summed E-state index contributed by atoms with van der Waals surface area (Å²) in [7, 11) is 1.55. The van der Waals surface area contributed by atoms with E-state index in [0.717, 1.165) is 17.7 Å². The van der Waals surface area contributed by atoms with E-state index in [1.807, 2.05) is 0 Å². The van der Waals surface area contributed by atoms with Gasteiger partial charge in [0.25, 0.3) is 5.91 Å². The monoisotopic (exact) mass is 398 g/mol. The lowest BCUT2D eigenvalue weighted by molar-refractivity contribution is -0.137. The first-order chi connectivity index (χ1) is 12.8. The second kappa shape index (κ2) is 7.48. The first-order valence-electron chi connectivity index (χ1n) is 7.82. The Morgan fingerprint density at radius 2 is 1.96 bits per heavy atom. The molecular formula is C18H14ClF3N2O3. The van der Waals surface area contributed by atoms with Crippen LogP contribution in [-0.4, -0.2) is 24.8 Å². The molecular weight excluding hydrogens is 385 g/mol. The highest BCUT2D eigenvalue weighted by Gasteiger charge is 2.34. The second-order valence-electron chi connectivity index (χ2n) is 5.75. The highest BCUT2D eigenvalue weighted by Crippen LogP contribution is 2.36. The van der Waals surface area contributed by atoms with Gasteiger partial charge >= 0.3 is 6.18 Å². The van der Waals surface area contributed by atoms with Crippen LogP contribution in [0.15, 0.2) is 47.6 Å². The number of hydrogen-bond acceptors (Lipinski definition) is 4. The van der Waals surface area contributed by atoms with Gasteiger partial charge in [-0.1, -0.05) is 16.8 Å². The Bertz CT molecular complexity index is 882. The van der Waals surface area contributed by atoms with Crippen LogP contribution in [0.25, 0.3) is 0 Å². The maximum Gasteiger partial charge on any atom is 0.417 e. The van der Waals surface area contributed by atoms with E-state index < -0.39 is 28.8 Å². The van der Waals surface area contributed by atoms with Crippen LogP contribution in [0, 0.1) is 0 Å². The van der Waals surface area contributed by atoms with Crippen molar-refractivity contribution in [3.63, 3.8) is 0 Å². The molecule has 0 saturated heterocycles. The number of methoxy groups -OCH3 is 1. The number of nitrogens with zero attached hydrogens (tertiary/aromatic N) is 1. The largest absolute Gasteiger partial charge is 0.497 e. The Morgan fingerprint density at radius 1 is 1.26 bits per heavy atom. The summed E-state index contributed by atoms with van der Waals surface area (Å²) in [6.07, 6.45) is -5.36. The van der Waals surface area contributed by atoms with Crippen LogP contribution in [0.3, 0.4) is 0 Å². The Hall–Kier alpha value is -2.74. The van der Waals surface area contributed by atoms with Crippen LogP contribution >= 0.6 is 11.6 Å². The summed E-state index contributed by atoms with van der Waals surface area (Å²) >= 11 is 5.57. The Balaban J connectivity index is 1.66. The lowest BCUT2D eigenvalue weighted by Gasteiger charge is -2.13. The topological polar surface area (TPSA) is 59.9 Å². The number of ether oxygens (including phenoxy) is 1. The number of amides is 1. The smallest absolute Gasteiger partial charge is 0.417 e. The number of alkyl halides is 3. The van der Waals surface area contributed by atoms with E-state index in [-0.39, 0.29) is 12.1 Å². The van der Waals surface area contributed by atoms with Gasteiger partial charge in [0.05, 0.1) is 23.4 Å². The van der Waals surface area contributed by atoms with Crippen molar-refractivity contribution in [2.75, 3.05) is 12.4 Å². The van der Waals surface area contributed by atoms with E-state index in [1.165, 1.54) is 6.07 Å². The number of oxime groups is 1. The van der Waals surface area contributed by atoms with Gasteiger partial charge in [-0.15, -0.1) is 0 Å². The molecule has 0 aliphatic carbocycles. The van der Waals surface area contributed by atoms with Gasteiger partial charge in [-0.3, -0.25) is 4.79 Å². The third-order valence-electron chi connectivity index (χ3n) is 3.92. The van der Waals surface area contributed by atoms with Crippen molar-refractivity contribution in [3.8, 4) is 5.75 Å². The van der Waals surface area contributed by atoms with Crippen LogP contribution < -0.4 is 10.1 Å². The van der Waals surface area contributed by atoms with Gasteiger partial charge in [0.2, 0.25) is 6.10 Å². The molecule has 5 nitrogen and oxygen atoms in total. The average molecular weight is 399 g/mol. The minimum atomic E-state index is -4.62. The number of carbonyl (C=O) groups excluding carboxylic acids is 1. The average Bonchev–Trinajstić information content (AvgIpc) is 3.13. The van der Waals surface area contributed by atoms with Crippen molar-refractivity contribution in [2.45, 2.75) is 18.7 Å². The quantitative estimate of drug-likeness (QED) is 0.825. The number of rotatable bonds is 4. The number of anilines is 1. The molecule has 1 atom stereocenters. The van der Waals surface area contributed by atoms with Crippen molar-refractivity contribution in [1.82, 2.24) is 0 Å². The van der Waals surface area contributed by atoms with Crippen LogP contribution in [0.1, 0.15) is 17.5 Å². The van der Waals surface area contributed by atoms with Gasteiger partial charge in [0.15, 0.2) is 0 Å². The third-order valence-corrected chi connectivity index (χ3v) is 4.25. The molecule has 0 aromatic heterocycles. The molecule has 0 spiro atoms. The maximum absolute atomic E-state index is 12.9. The molecule has 142 valence electrons. The molecule has 1 aliphatic heterocycles. The van der Waals surface area contributed by atoms with E-state index in [4.69, 9.17) is 21.2 Å². The normalized spacial score (nSPS) is 16.5. The molecule has 0 bridgehead atoms. The highest BCUT2D eigenvalue weighted by atomic mass is 35.5. The summed E-state index contributed by atoms with van der Waals surface area (Å²) in [5.74, 6) is 0.0773. The van der Waals surface area contributed by atoms with E-state index in [0.29, 0.717) is 11.5 Å². The van der Waals surface area contributed by atoms with Crippen molar-refractivity contribution >= 4 is 28.9 Å². The molecule has 0 radical (unpaired) electrons. The van der Waals surface area contributed by atoms with E-state index >= 15 is 0 Å². The molecule has 0 saturated carbocycles. The summed E-state index contributed by atoms with van der Waals surface area (Å²) in [5, 5.41) is 5.85. The Kier molecular flexibility index (Phi) is 5.27. The predicted molar refractivity (Wildman–Crippen MR) is 94.1 cm³/mol. The molecule has 1 heterocycles. The molecule has 0 fully saturated rings. The van der Waals surface area contributed by atoms with Crippen molar-refractivity contribution in [2.24, 2.45) is 5.16 Å². The van der Waals surface area contributed by atoms with Crippen molar-refractivity contribution in [1.29, 1.82) is 0 Å². The predicted octanol–water partition coefficient (Wildman–Crippen LogP) is 4.50. The lowest BCUT2D eigenvalue weighted by atomic mass is 10.0. The van der Waals surface area contributed by atoms with Crippen LogP contribution in [0.2, 0.25) is 5.02 Å². The van der Waals surface area contributed by atoms with Gasteiger partial charge in [0, 0.05) is 12.1 Å². The number of benzene rings is 2. The first-order valence-corrected chi connectivity index (χ1v) is 8.20. The summed E-state index contributed by atoms with van der Waals surface area (Å²) in [6.45, 7) is 0. The fraction of sp³-hybridized carbons (Fsp3) is 0.222. The third kappa shape index (κ3) is 4.33. The van der Waals surface area contributed by atoms with E-state index in [1.54, 1.807) is 31.4 Å². The first kappa shape index (κ1) is 19.0. The van der Waals surface area contributed by atoms with Gasteiger partial charge in [0.1, 0.15) is 5.75 Å². The van der Waals surface area contributed by atoms with Crippen molar-refractivity contribution in [3.05, 3.63) is 58.6 Å². The fourth-order valence-electron chi connectivity index (χ4n) is 2.51. The summed E-state index contributed by atoms with van der Waals surface area (Å²) < 4.78 is 43.8. The molecule has 27 heavy (non-hydrogen) atoms. The summed E-state index contributed by atoms with van der Waals surface area (Å²) in [5.41, 5.74) is 0.268. The minimum Gasteiger partial charge on any atom is -0.497 e. The highest BCUT2D eigenvalue weighted by molar-refractivity contribution is 6.31. The Labute approximate surface area is 157 Å². The SMILES string of the molecule is COc1ccc(C2=NO[C@H](C(=O)Nc3ccc(Cl)c(C(F)(F)F)c3)C2)cc1. The zero-order valence-electron chi connectivity index (χ0n) is 14.0. The van der Waals surface area contributed by atoms with Crippen molar-refractivity contribution < 1.29 is 27.5 Å². The van der Waals surface area contributed by atoms with E-state index in [2.05, 4.69) is 10.5 Å². The van der Waals surface area contributed by atoms with Gasteiger partial charge in [-0.25, -0.2) is 0 Å². The zero-order valence-corrected chi connectivity index (χ0v) is 14.8. The number of hydrogen-bond donors (Lipinski definition) is 1. The molecule has 3 rings (SSSR count). The zero-order chi connectivity index (χ0) is 19.6. The molecule has 2 aromatic carbocycles. The lowest BCUT2D eigenvalue weighted by Crippen LogP contribution is -2.28. The molecule has 1 amide bonds. The maximum atomic E-state index is 12.9. The van der Waals surface area contributed by atoms with Gasteiger partial charge < -0.3 is 14.9 Å². The molecule has 1 N–H and O–H groups in total. The molecule has 2 aromatic rings. The number of carbonyl (C=O) groups is 1. The van der Waals surface area contributed by atoms with E-state index in [9.17, 15) is 18.0 Å². The minimum absolute atomic E-state index is 0.0294. The second-order valence-corrected chi connectivity index (χ2v) is 6.15. The molecule has 9 heteroatoms. The Morgan fingerprint density at radius 3 is 2.59 bits per heavy atom. The standard InChI is InChI=1S/C18H14ClF3N2O3/c1-26-12-5-2-10(3-6-12)15-9-16(27-24-15)17(25)23-11-4-7-14(19)13(8-11)18(20,21)22/h2-8,16H,9H2,1H3,(H,23,25)/t16-/m0/s1. The van der Waals surface area contributed by atoms with Crippen LogP contribution in [0.4, 0.5) is 18.9 Å². The number of nitrogens with one attached hydrogen (secondary N) is 1. The number of halogens is 4. The van der Waals surface area contributed by atoms with Gasteiger partial charge in [-0.05, 0) is 48.0 Å². The molecule has 1 aliphatic rings. The van der Waals surface area contributed by atoms with Gasteiger partial charge in [-0.2, -0.15) is 13.2 Å². The summed E-state index contributed by atoms with van der Waals surface area (Å²) in [4.78, 5) is 17.4.